The molecule has 0 heterocycles. The van der Waals surface area contributed by atoms with E-state index in [4.69, 9.17) is 4.74 Å². The average Bonchev–Trinajstić information content (AvgIpc) is 2.58. The van der Waals surface area contributed by atoms with E-state index in [1.807, 2.05) is 12.1 Å². The van der Waals surface area contributed by atoms with Crippen molar-refractivity contribution >= 4 is 17.1 Å². The highest BCUT2D eigenvalue weighted by atomic mass is 16.5. The lowest BCUT2D eigenvalue weighted by Crippen LogP contribution is -2.09. The molecule has 0 unspecified atom stereocenters. The third kappa shape index (κ3) is 2.82. The first-order chi connectivity index (χ1) is 10.8. The highest BCUT2D eigenvalue weighted by Crippen LogP contribution is 2.36. The Morgan fingerprint density at radius 2 is 1.23 bits per heavy atom. The number of ether oxygens (including phenoxy) is 1. The van der Waals surface area contributed by atoms with Crippen molar-refractivity contribution in [3.63, 3.8) is 0 Å². The maximum absolute atomic E-state index is 5.48. The van der Waals surface area contributed by atoms with Crippen molar-refractivity contribution in [2.24, 2.45) is 0 Å². The van der Waals surface area contributed by atoms with E-state index >= 15 is 0 Å². The van der Waals surface area contributed by atoms with E-state index in [0.29, 0.717) is 0 Å². The van der Waals surface area contributed by atoms with Gasteiger partial charge in [0.15, 0.2) is 0 Å². The fraction of sp³-hybridized carbons (Fsp3) is 0.100. The minimum absolute atomic E-state index is 0.898. The number of para-hydroxylation sites is 2. The van der Waals surface area contributed by atoms with Crippen LogP contribution in [0.15, 0.2) is 78.9 Å². The van der Waals surface area contributed by atoms with E-state index in [1.165, 1.54) is 0 Å². The largest absolute Gasteiger partial charge is 0.496 e. The van der Waals surface area contributed by atoms with Crippen molar-refractivity contribution in [2.45, 2.75) is 6.92 Å². The molecule has 0 fully saturated rings. The monoisotopic (exact) mass is 289 g/mol. The van der Waals surface area contributed by atoms with Crippen LogP contribution >= 0.6 is 0 Å². The molecule has 3 aromatic carbocycles. The zero-order valence-electron chi connectivity index (χ0n) is 12.9. The van der Waals surface area contributed by atoms with Crippen molar-refractivity contribution in [2.75, 3.05) is 12.0 Å². The highest BCUT2D eigenvalue weighted by molar-refractivity contribution is 5.77. The summed E-state index contributed by atoms with van der Waals surface area (Å²) in [7, 11) is 1.71. The molecule has 0 atom stereocenters. The first kappa shape index (κ1) is 14.2. The second-order valence-corrected chi connectivity index (χ2v) is 5.16. The summed E-state index contributed by atoms with van der Waals surface area (Å²) in [6.07, 6.45) is 0. The minimum atomic E-state index is 0.898. The van der Waals surface area contributed by atoms with E-state index in [1.54, 1.807) is 7.11 Å². The number of nitrogens with zero attached hydrogens (tertiary/aromatic N) is 1. The Labute approximate surface area is 131 Å². The van der Waals surface area contributed by atoms with Gasteiger partial charge in [-0.25, -0.2) is 0 Å². The molecular weight excluding hydrogens is 270 g/mol. The van der Waals surface area contributed by atoms with Crippen LogP contribution in [0.3, 0.4) is 0 Å². The van der Waals surface area contributed by atoms with Crippen LogP contribution in [0.4, 0.5) is 17.1 Å². The third-order valence-electron chi connectivity index (χ3n) is 3.68. The quantitative estimate of drug-likeness (QED) is 0.631. The molecule has 0 aromatic heterocycles. The normalized spacial score (nSPS) is 10.3. The summed E-state index contributed by atoms with van der Waals surface area (Å²) in [5.41, 5.74) is 4.46. The molecule has 3 rings (SSSR count). The maximum atomic E-state index is 5.48. The van der Waals surface area contributed by atoms with Crippen molar-refractivity contribution in [3.05, 3.63) is 84.4 Å². The molecule has 0 amide bonds. The van der Waals surface area contributed by atoms with Gasteiger partial charge in [-0.2, -0.15) is 0 Å². The summed E-state index contributed by atoms with van der Waals surface area (Å²) in [4.78, 5) is 2.22. The van der Waals surface area contributed by atoms with Gasteiger partial charge in [-0.05, 0) is 42.8 Å². The van der Waals surface area contributed by atoms with Gasteiger partial charge < -0.3 is 9.64 Å². The summed E-state index contributed by atoms with van der Waals surface area (Å²) in [5.74, 6) is 0.898. The fourth-order valence-electron chi connectivity index (χ4n) is 2.55. The van der Waals surface area contributed by atoms with E-state index in [0.717, 1.165) is 28.4 Å². The topological polar surface area (TPSA) is 12.5 Å². The number of hydrogen-bond donors (Lipinski definition) is 0. The van der Waals surface area contributed by atoms with Crippen LogP contribution < -0.4 is 9.64 Å². The van der Waals surface area contributed by atoms with Gasteiger partial charge >= 0.3 is 0 Å². The van der Waals surface area contributed by atoms with Crippen molar-refractivity contribution in [1.82, 2.24) is 0 Å². The van der Waals surface area contributed by atoms with Gasteiger partial charge in [-0.15, -0.1) is 0 Å². The molecule has 110 valence electrons. The van der Waals surface area contributed by atoms with Crippen molar-refractivity contribution < 1.29 is 4.74 Å². The molecule has 2 nitrogen and oxygen atoms in total. The Kier molecular flexibility index (Phi) is 4.10. The second-order valence-electron chi connectivity index (χ2n) is 5.16. The van der Waals surface area contributed by atoms with Gasteiger partial charge in [-0.3, -0.25) is 0 Å². The molecule has 0 radical (unpaired) electrons. The first-order valence-corrected chi connectivity index (χ1v) is 7.34. The van der Waals surface area contributed by atoms with Gasteiger partial charge in [0.2, 0.25) is 0 Å². The van der Waals surface area contributed by atoms with Gasteiger partial charge in [0.25, 0.3) is 0 Å². The van der Waals surface area contributed by atoms with Crippen molar-refractivity contribution in [1.29, 1.82) is 0 Å². The number of aryl methyl sites for hydroxylation is 1. The van der Waals surface area contributed by atoms with E-state index < -0.39 is 0 Å². The molecular formula is C20H19NO. The molecule has 0 N–H and O–H groups in total. The predicted octanol–water partition coefficient (Wildman–Crippen LogP) is 5.47. The van der Waals surface area contributed by atoms with Crippen LogP contribution in [0.1, 0.15) is 5.56 Å². The predicted molar refractivity (Wildman–Crippen MR) is 92.4 cm³/mol. The molecule has 3 aromatic rings. The Hall–Kier alpha value is -2.74. The molecule has 2 heteroatoms. The average molecular weight is 289 g/mol. The Bertz CT molecular complexity index is 699. The summed E-state index contributed by atoms with van der Waals surface area (Å²) in [5, 5.41) is 0. The molecule has 0 saturated carbocycles. The number of rotatable bonds is 4. The van der Waals surface area contributed by atoms with Gasteiger partial charge in [-0.1, -0.05) is 42.5 Å². The summed E-state index contributed by atoms with van der Waals surface area (Å²) in [6, 6.07) is 27.0. The number of methoxy groups -OCH3 is 1. The Balaban J connectivity index is 2.14. The summed E-state index contributed by atoms with van der Waals surface area (Å²) >= 11 is 0. The Morgan fingerprint density at radius 1 is 0.682 bits per heavy atom. The summed E-state index contributed by atoms with van der Waals surface area (Å²) in [6.45, 7) is 2.05. The van der Waals surface area contributed by atoms with Crippen LogP contribution in [-0.2, 0) is 0 Å². The van der Waals surface area contributed by atoms with Gasteiger partial charge in [0.05, 0.1) is 7.11 Å². The molecule has 0 saturated heterocycles. The van der Waals surface area contributed by atoms with Crippen LogP contribution in [-0.4, -0.2) is 7.11 Å². The zero-order valence-corrected chi connectivity index (χ0v) is 12.9. The Morgan fingerprint density at radius 3 is 1.73 bits per heavy atom. The smallest absolute Gasteiger partial charge is 0.123 e. The molecule has 0 bridgehead atoms. The lowest BCUT2D eigenvalue weighted by Gasteiger charge is -2.26. The fourth-order valence-corrected chi connectivity index (χ4v) is 2.55. The number of benzene rings is 3. The molecule has 0 aliphatic carbocycles. The third-order valence-corrected chi connectivity index (χ3v) is 3.68. The maximum Gasteiger partial charge on any atom is 0.123 e. The van der Waals surface area contributed by atoms with Crippen LogP contribution in [0.2, 0.25) is 0 Å². The van der Waals surface area contributed by atoms with Crippen LogP contribution in [0.5, 0.6) is 5.75 Å². The number of anilines is 3. The van der Waals surface area contributed by atoms with E-state index in [9.17, 15) is 0 Å². The van der Waals surface area contributed by atoms with Crippen LogP contribution in [0, 0.1) is 6.92 Å². The minimum Gasteiger partial charge on any atom is -0.496 e. The zero-order chi connectivity index (χ0) is 15.4. The van der Waals surface area contributed by atoms with Crippen LogP contribution in [0.25, 0.3) is 0 Å². The first-order valence-electron chi connectivity index (χ1n) is 7.34. The number of hydrogen-bond acceptors (Lipinski definition) is 2. The SMILES string of the molecule is COc1cc(N(c2ccccc2)c2ccccc2)ccc1C. The molecule has 0 spiro atoms. The van der Waals surface area contributed by atoms with Crippen molar-refractivity contribution in [3.8, 4) is 5.75 Å². The lowest BCUT2D eigenvalue weighted by atomic mass is 10.1. The molecule has 22 heavy (non-hydrogen) atoms. The van der Waals surface area contributed by atoms with Gasteiger partial charge in [0, 0.05) is 23.1 Å². The molecule has 0 aliphatic rings. The summed E-state index contributed by atoms with van der Waals surface area (Å²) < 4.78 is 5.48. The molecule has 0 aliphatic heterocycles. The highest BCUT2D eigenvalue weighted by Gasteiger charge is 2.13. The lowest BCUT2D eigenvalue weighted by molar-refractivity contribution is 0.412. The van der Waals surface area contributed by atoms with E-state index in [2.05, 4.69) is 78.6 Å². The van der Waals surface area contributed by atoms with Gasteiger partial charge in [0.1, 0.15) is 5.75 Å². The van der Waals surface area contributed by atoms with E-state index in [-0.39, 0.29) is 0 Å². The standard InChI is InChI=1S/C20H19NO/c1-16-13-14-19(15-20(16)22-2)21(17-9-5-3-6-10-17)18-11-7-4-8-12-18/h3-15H,1-2H3. The second kappa shape index (κ2) is 6.35.